The molecule has 3 aliphatic heterocycles. The Morgan fingerprint density at radius 1 is 1.04 bits per heavy atom. The van der Waals surface area contributed by atoms with Gasteiger partial charge in [0.25, 0.3) is 0 Å². The number of nitriles is 1. The molecule has 242 valence electrons. The monoisotopic (exact) mass is 619 g/mol. The molecule has 0 N–H and O–H groups in total. The normalized spacial score (nSPS) is 20.4. The molecule has 0 aliphatic carbocycles. The summed E-state index contributed by atoms with van der Waals surface area (Å²) in [4.78, 5) is 43.8. The van der Waals surface area contributed by atoms with Crippen molar-refractivity contribution in [3.05, 3.63) is 47.2 Å². The maximum atomic E-state index is 13.2. The van der Waals surface area contributed by atoms with Crippen molar-refractivity contribution in [2.75, 3.05) is 57.8 Å². The van der Waals surface area contributed by atoms with Crippen LogP contribution in [-0.4, -0.2) is 101 Å². The lowest BCUT2D eigenvalue weighted by atomic mass is 10.0. The highest BCUT2D eigenvalue weighted by Crippen LogP contribution is 2.32. The third kappa shape index (κ3) is 8.54. The predicted octanol–water partition coefficient (Wildman–Crippen LogP) is 4.23. The van der Waals surface area contributed by atoms with Crippen LogP contribution in [0.1, 0.15) is 56.9 Å². The highest BCUT2D eigenvalue weighted by atomic mass is 16.6. The van der Waals surface area contributed by atoms with Crippen molar-refractivity contribution in [2.24, 2.45) is 5.92 Å². The second kappa shape index (κ2) is 14.3. The summed E-state index contributed by atoms with van der Waals surface area (Å²) in [5.74, 6) is 1.17. The smallest absolute Gasteiger partial charge is 0.410 e. The van der Waals surface area contributed by atoms with Gasteiger partial charge in [-0.3, -0.25) is 0 Å². The van der Waals surface area contributed by atoms with E-state index in [4.69, 9.17) is 24.2 Å². The number of anilines is 1. The van der Waals surface area contributed by atoms with Crippen LogP contribution in [0.25, 0.3) is 0 Å². The molecule has 1 unspecified atom stereocenters. The molecule has 12 nitrogen and oxygen atoms in total. The van der Waals surface area contributed by atoms with Crippen LogP contribution in [0.3, 0.4) is 0 Å². The standard InChI is InChI=1S/C33H45N7O5/c1-33(2,3)45-31(41)39-16-13-27-28(21-39)35-30(43-23-25-12-15-37(4)19-25)36-29(27)38-17-18-40(26(20-38)11-8-14-34)32(42)44-22-24-9-6-5-7-10-24/h5-7,9-10,25-26H,8,11-13,15-23H2,1-4H3/t25-,26?/m1/s1. The molecule has 0 bridgehead atoms. The highest BCUT2D eigenvalue weighted by Gasteiger charge is 2.35. The van der Waals surface area contributed by atoms with Crippen molar-refractivity contribution in [2.45, 2.75) is 71.2 Å². The van der Waals surface area contributed by atoms with Crippen molar-refractivity contribution < 1.29 is 23.8 Å². The zero-order valence-corrected chi connectivity index (χ0v) is 26.9. The van der Waals surface area contributed by atoms with Crippen LogP contribution in [-0.2, 0) is 29.0 Å². The van der Waals surface area contributed by atoms with E-state index in [1.807, 2.05) is 51.1 Å². The molecule has 4 heterocycles. The molecular weight excluding hydrogens is 574 g/mol. The number of ether oxygens (including phenoxy) is 3. The first kappa shape index (κ1) is 32.3. The summed E-state index contributed by atoms with van der Waals surface area (Å²) in [5.41, 5.74) is 2.04. The molecule has 3 aliphatic rings. The maximum Gasteiger partial charge on any atom is 0.410 e. The molecule has 0 radical (unpaired) electrons. The van der Waals surface area contributed by atoms with Crippen molar-refractivity contribution in [3.8, 4) is 12.1 Å². The SMILES string of the molecule is CN1CC[C@@H](COc2nc3c(c(N4CCN(C(=O)OCc5ccccc5)C(CCC#N)C4)n2)CCN(C(=O)OC(C)(C)C)C3)C1. The minimum absolute atomic E-state index is 0.190. The van der Waals surface area contributed by atoms with Gasteiger partial charge in [0.1, 0.15) is 18.0 Å². The second-order valence-electron chi connectivity index (χ2n) is 13.2. The molecule has 2 amide bonds. The van der Waals surface area contributed by atoms with Crippen molar-refractivity contribution in [3.63, 3.8) is 0 Å². The number of carbonyl (C=O) groups is 2. The van der Waals surface area contributed by atoms with Crippen LogP contribution in [0.2, 0.25) is 0 Å². The summed E-state index contributed by atoms with van der Waals surface area (Å²) in [6.07, 6.45) is 1.71. The summed E-state index contributed by atoms with van der Waals surface area (Å²) in [6, 6.07) is 11.9. The quantitative estimate of drug-likeness (QED) is 0.424. The van der Waals surface area contributed by atoms with E-state index in [0.29, 0.717) is 70.5 Å². The van der Waals surface area contributed by atoms with E-state index in [1.54, 1.807) is 9.80 Å². The summed E-state index contributed by atoms with van der Waals surface area (Å²) < 4.78 is 17.5. The first-order valence-electron chi connectivity index (χ1n) is 15.9. The molecule has 2 aromatic rings. The van der Waals surface area contributed by atoms with Gasteiger partial charge >= 0.3 is 18.2 Å². The van der Waals surface area contributed by atoms with Gasteiger partial charge in [0.05, 0.1) is 31.0 Å². The van der Waals surface area contributed by atoms with Gasteiger partial charge in [-0.05, 0) is 59.2 Å². The number of likely N-dealkylation sites (tertiary alicyclic amines) is 1. The van der Waals surface area contributed by atoms with Crippen LogP contribution in [0.4, 0.5) is 15.4 Å². The highest BCUT2D eigenvalue weighted by molar-refractivity contribution is 5.70. The Kier molecular flexibility index (Phi) is 10.3. The molecule has 2 atom stereocenters. The van der Waals surface area contributed by atoms with Crippen molar-refractivity contribution in [1.29, 1.82) is 5.26 Å². The van der Waals surface area contributed by atoms with Crippen molar-refractivity contribution >= 4 is 18.0 Å². The predicted molar refractivity (Wildman–Crippen MR) is 168 cm³/mol. The molecule has 5 rings (SSSR count). The van der Waals surface area contributed by atoms with E-state index in [-0.39, 0.29) is 24.8 Å². The Hall–Kier alpha value is -4.11. The zero-order chi connectivity index (χ0) is 32.0. The minimum Gasteiger partial charge on any atom is -0.463 e. The van der Waals surface area contributed by atoms with Gasteiger partial charge < -0.3 is 33.8 Å². The van der Waals surface area contributed by atoms with Gasteiger partial charge in [0, 0.05) is 50.6 Å². The Bertz CT molecular complexity index is 1380. The van der Waals surface area contributed by atoms with E-state index in [1.165, 1.54) is 0 Å². The third-order valence-corrected chi connectivity index (χ3v) is 8.42. The lowest BCUT2D eigenvalue weighted by Gasteiger charge is -2.42. The van der Waals surface area contributed by atoms with Crippen LogP contribution in [0.5, 0.6) is 6.01 Å². The number of carbonyl (C=O) groups excluding carboxylic acids is 2. The number of amides is 2. The molecular formula is C33H45N7O5. The summed E-state index contributed by atoms with van der Waals surface area (Å²) in [7, 11) is 2.11. The number of hydrogen-bond donors (Lipinski definition) is 0. The van der Waals surface area contributed by atoms with Gasteiger partial charge in [-0.25, -0.2) is 9.59 Å². The minimum atomic E-state index is -0.600. The maximum absolute atomic E-state index is 13.2. The summed E-state index contributed by atoms with van der Waals surface area (Å²) in [5, 5.41) is 9.38. The lowest BCUT2D eigenvalue weighted by Crippen LogP contribution is -2.56. The largest absolute Gasteiger partial charge is 0.463 e. The van der Waals surface area contributed by atoms with E-state index >= 15 is 0 Å². The number of hydrogen-bond acceptors (Lipinski definition) is 10. The topological polar surface area (TPSA) is 124 Å². The fourth-order valence-electron chi connectivity index (χ4n) is 6.12. The van der Waals surface area contributed by atoms with E-state index < -0.39 is 5.60 Å². The Balaban J connectivity index is 1.36. The molecule has 2 fully saturated rings. The number of aromatic nitrogens is 2. The van der Waals surface area contributed by atoms with Gasteiger partial charge in [-0.15, -0.1) is 0 Å². The number of piperazine rings is 1. The fourth-order valence-corrected chi connectivity index (χ4v) is 6.12. The molecule has 1 aromatic heterocycles. The molecule has 12 heteroatoms. The van der Waals surface area contributed by atoms with Gasteiger partial charge in [-0.1, -0.05) is 30.3 Å². The number of rotatable bonds is 8. The Labute approximate surface area is 265 Å². The average Bonchev–Trinajstić information content (AvgIpc) is 3.45. The Morgan fingerprint density at radius 3 is 2.56 bits per heavy atom. The van der Waals surface area contributed by atoms with Crippen molar-refractivity contribution in [1.82, 2.24) is 24.7 Å². The van der Waals surface area contributed by atoms with Gasteiger partial charge in [-0.2, -0.15) is 15.2 Å². The lowest BCUT2D eigenvalue weighted by molar-refractivity contribution is 0.0220. The van der Waals surface area contributed by atoms with Crippen LogP contribution in [0, 0.1) is 17.2 Å². The van der Waals surface area contributed by atoms with Crippen LogP contribution < -0.4 is 9.64 Å². The van der Waals surface area contributed by atoms with E-state index in [9.17, 15) is 14.9 Å². The first-order chi connectivity index (χ1) is 21.6. The van der Waals surface area contributed by atoms with E-state index in [0.717, 1.165) is 42.1 Å². The first-order valence-corrected chi connectivity index (χ1v) is 15.9. The number of fused-ring (bicyclic) bond motifs is 1. The summed E-state index contributed by atoms with van der Waals surface area (Å²) >= 11 is 0. The Morgan fingerprint density at radius 2 is 1.84 bits per heavy atom. The number of benzene rings is 1. The van der Waals surface area contributed by atoms with E-state index in [2.05, 4.69) is 22.9 Å². The number of nitrogens with zero attached hydrogens (tertiary/aromatic N) is 7. The van der Waals surface area contributed by atoms with Gasteiger partial charge in [0.2, 0.25) is 0 Å². The van der Waals surface area contributed by atoms with Crippen LogP contribution >= 0.6 is 0 Å². The average molecular weight is 620 g/mol. The van der Waals surface area contributed by atoms with Crippen LogP contribution in [0.15, 0.2) is 30.3 Å². The zero-order valence-electron chi connectivity index (χ0n) is 26.9. The molecule has 1 aromatic carbocycles. The molecule has 0 saturated carbocycles. The second-order valence-corrected chi connectivity index (χ2v) is 13.2. The van der Waals surface area contributed by atoms with Gasteiger partial charge in [0.15, 0.2) is 0 Å². The molecule has 45 heavy (non-hydrogen) atoms. The summed E-state index contributed by atoms with van der Waals surface area (Å²) in [6.45, 7) is 10.5. The fraction of sp³-hybridized carbons (Fsp3) is 0.606. The molecule has 2 saturated heterocycles. The molecule has 0 spiro atoms. The third-order valence-electron chi connectivity index (χ3n) is 8.42.